The number of nitrogens with zero attached hydrogens (tertiary/aromatic N) is 3. The molecule has 3 aromatic rings. The molecule has 0 spiro atoms. The minimum absolute atomic E-state index is 0.193. The molecule has 0 saturated carbocycles. The van der Waals surface area contributed by atoms with Crippen LogP contribution in [0.15, 0.2) is 35.1 Å². The average molecular weight is 284 g/mol. The van der Waals surface area contributed by atoms with Crippen LogP contribution in [-0.2, 0) is 6.54 Å². The molecule has 0 aliphatic rings. The third-order valence-electron chi connectivity index (χ3n) is 2.99. The Bertz CT molecular complexity index is 813. The second-order valence-corrected chi connectivity index (χ2v) is 4.55. The van der Waals surface area contributed by atoms with Crippen LogP contribution in [0.5, 0.6) is 0 Å². The van der Waals surface area contributed by atoms with Gasteiger partial charge in [0.05, 0.1) is 23.3 Å². The van der Waals surface area contributed by atoms with Crippen LogP contribution in [0, 0.1) is 6.92 Å². The third kappa shape index (κ3) is 2.66. The lowest BCUT2D eigenvalue weighted by atomic mass is 10.1. The summed E-state index contributed by atoms with van der Waals surface area (Å²) in [5.74, 6) is 0.328. The molecule has 0 radical (unpaired) electrons. The van der Waals surface area contributed by atoms with E-state index in [1.165, 1.54) is 18.5 Å². The Kier molecular flexibility index (Phi) is 3.23. The van der Waals surface area contributed by atoms with E-state index < -0.39 is 5.97 Å². The van der Waals surface area contributed by atoms with Gasteiger partial charge in [-0.05, 0) is 25.1 Å². The summed E-state index contributed by atoms with van der Waals surface area (Å²) in [4.78, 5) is 19.2. The van der Waals surface area contributed by atoms with Gasteiger partial charge in [-0.3, -0.25) is 0 Å². The molecular weight excluding hydrogens is 272 g/mol. The van der Waals surface area contributed by atoms with Crippen molar-refractivity contribution in [3.8, 4) is 0 Å². The lowest BCUT2D eigenvalue weighted by Crippen LogP contribution is -2.03. The van der Waals surface area contributed by atoms with Gasteiger partial charge in [0.15, 0.2) is 5.76 Å². The molecule has 0 atom stereocenters. The maximum absolute atomic E-state index is 11.0. The summed E-state index contributed by atoms with van der Waals surface area (Å²) in [7, 11) is 0. The summed E-state index contributed by atoms with van der Waals surface area (Å²) in [6, 6.07) is 6.56. The Hall–Kier alpha value is -2.96. The van der Waals surface area contributed by atoms with Crippen LogP contribution in [0.4, 0.5) is 5.82 Å². The molecule has 2 N–H and O–H groups in total. The van der Waals surface area contributed by atoms with Crippen molar-refractivity contribution < 1.29 is 14.4 Å². The van der Waals surface area contributed by atoms with Crippen LogP contribution >= 0.6 is 0 Å². The van der Waals surface area contributed by atoms with Gasteiger partial charge in [-0.1, -0.05) is 5.16 Å². The van der Waals surface area contributed by atoms with E-state index in [4.69, 9.17) is 9.63 Å². The number of hydrogen-bond acceptors (Lipinski definition) is 6. The first kappa shape index (κ1) is 13.0. The highest BCUT2D eigenvalue weighted by atomic mass is 16.5. The minimum atomic E-state index is -0.984. The van der Waals surface area contributed by atoms with E-state index in [0.29, 0.717) is 23.6 Å². The van der Waals surface area contributed by atoms with Crippen molar-refractivity contribution in [1.29, 1.82) is 0 Å². The van der Waals surface area contributed by atoms with E-state index in [-0.39, 0.29) is 5.56 Å². The lowest BCUT2D eigenvalue weighted by Gasteiger charge is -2.07. The zero-order chi connectivity index (χ0) is 14.8. The highest BCUT2D eigenvalue weighted by Gasteiger charge is 2.09. The number of aromatic carboxylic acids is 1. The summed E-state index contributed by atoms with van der Waals surface area (Å²) < 4.78 is 5.12. The second kappa shape index (κ2) is 5.20. The Balaban J connectivity index is 1.90. The molecule has 0 bridgehead atoms. The number of nitrogens with one attached hydrogen (secondary N) is 1. The highest BCUT2D eigenvalue weighted by Crippen LogP contribution is 2.21. The number of fused-ring (bicyclic) bond motifs is 1. The SMILES string of the molecule is Cc1cc(CNc2ncnc3cc(C(=O)O)ccc23)on1. The molecule has 0 fully saturated rings. The van der Waals surface area contributed by atoms with Gasteiger partial charge < -0.3 is 14.9 Å². The number of carboxylic acids is 1. The molecule has 0 amide bonds. The van der Waals surface area contributed by atoms with E-state index in [2.05, 4.69) is 20.4 Å². The van der Waals surface area contributed by atoms with E-state index in [0.717, 1.165) is 11.1 Å². The number of aromatic nitrogens is 3. The average Bonchev–Trinajstić information content (AvgIpc) is 2.90. The van der Waals surface area contributed by atoms with E-state index in [1.807, 2.05) is 13.0 Å². The maximum Gasteiger partial charge on any atom is 0.335 e. The van der Waals surface area contributed by atoms with E-state index >= 15 is 0 Å². The predicted molar refractivity (Wildman–Crippen MR) is 75.1 cm³/mol. The first-order valence-electron chi connectivity index (χ1n) is 6.27. The monoisotopic (exact) mass is 284 g/mol. The first-order chi connectivity index (χ1) is 10.1. The molecule has 21 heavy (non-hydrogen) atoms. The van der Waals surface area contributed by atoms with E-state index in [9.17, 15) is 4.79 Å². The molecule has 0 saturated heterocycles. The zero-order valence-corrected chi connectivity index (χ0v) is 11.2. The minimum Gasteiger partial charge on any atom is -0.478 e. The maximum atomic E-state index is 11.0. The summed E-state index contributed by atoms with van der Waals surface area (Å²) in [6.45, 7) is 2.29. The molecule has 2 aromatic heterocycles. The van der Waals surface area contributed by atoms with Gasteiger partial charge in [-0.2, -0.15) is 0 Å². The number of rotatable bonds is 4. The third-order valence-corrected chi connectivity index (χ3v) is 2.99. The molecule has 3 rings (SSSR count). The van der Waals surface area contributed by atoms with Crippen molar-refractivity contribution in [2.24, 2.45) is 0 Å². The van der Waals surface area contributed by atoms with Crippen LogP contribution in [0.2, 0.25) is 0 Å². The quantitative estimate of drug-likeness (QED) is 0.757. The number of carbonyl (C=O) groups is 1. The van der Waals surface area contributed by atoms with Crippen LogP contribution in [0.1, 0.15) is 21.8 Å². The van der Waals surface area contributed by atoms with Crippen LogP contribution < -0.4 is 5.32 Å². The molecule has 7 nitrogen and oxygen atoms in total. The molecule has 0 aliphatic carbocycles. The highest BCUT2D eigenvalue weighted by molar-refractivity contribution is 5.96. The van der Waals surface area contributed by atoms with Crippen molar-refractivity contribution in [3.63, 3.8) is 0 Å². The standard InChI is InChI=1S/C14H12N4O3/c1-8-4-10(21-18-8)6-15-13-11-3-2-9(14(19)20)5-12(11)16-7-17-13/h2-5,7H,6H2,1H3,(H,19,20)(H,15,16,17). The molecule has 1 aromatic carbocycles. The van der Waals surface area contributed by atoms with Gasteiger partial charge in [0, 0.05) is 11.5 Å². The fourth-order valence-electron chi connectivity index (χ4n) is 2.00. The Labute approximate surface area is 119 Å². The number of carboxylic acid groups (broad SMARTS) is 1. The van der Waals surface area contributed by atoms with Gasteiger partial charge in [-0.15, -0.1) is 0 Å². The number of anilines is 1. The molecule has 2 heterocycles. The molecule has 0 aliphatic heterocycles. The molecule has 0 unspecified atom stereocenters. The number of benzene rings is 1. The first-order valence-corrected chi connectivity index (χ1v) is 6.27. The normalized spacial score (nSPS) is 10.7. The summed E-state index contributed by atoms with van der Waals surface area (Å²) >= 11 is 0. The summed E-state index contributed by atoms with van der Waals surface area (Å²) in [5.41, 5.74) is 1.57. The fraction of sp³-hybridized carbons (Fsp3) is 0.143. The van der Waals surface area contributed by atoms with Gasteiger partial charge >= 0.3 is 5.97 Å². The van der Waals surface area contributed by atoms with Gasteiger partial charge in [0.1, 0.15) is 12.1 Å². The van der Waals surface area contributed by atoms with Crippen LogP contribution in [-0.4, -0.2) is 26.2 Å². The summed E-state index contributed by atoms with van der Waals surface area (Å²) in [6.07, 6.45) is 1.39. The largest absolute Gasteiger partial charge is 0.478 e. The topological polar surface area (TPSA) is 101 Å². The lowest BCUT2D eigenvalue weighted by molar-refractivity contribution is 0.0697. The predicted octanol–water partition coefficient (Wildman–Crippen LogP) is 2.24. The fourth-order valence-corrected chi connectivity index (χ4v) is 2.00. The van der Waals surface area contributed by atoms with Crippen molar-refractivity contribution in [3.05, 3.63) is 47.6 Å². The Morgan fingerprint density at radius 3 is 2.90 bits per heavy atom. The second-order valence-electron chi connectivity index (χ2n) is 4.55. The van der Waals surface area contributed by atoms with Crippen molar-refractivity contribution in [2.45, 2.75) is 13.5 Å². The molecular formula is C14H12N4O3. The zero-order valence-electron chi connectivity index (χ0n) is 11.2. The Morgan fingerprint density at radius 2 is 2.19 bits per heavy atom. The van der Waals surface area contributed by atoms with E-state index in [1.54, 1.807) is 6.07 Å². The smallest absolute Gasteiger partial charge is 0.335 e. The van der Waals surface area contributed by atoms with Crippen LogP contribution in [0.25, 0.3) is 10.9 Å². The summed E-state index contributed by atoms with van der Waals surface area (Å²) in [5, 5.41) is 16.7. The molecule has 7 heteroatoms. The van der Waals surface area contributed by atoms with Gasteiger partial charge in [0.25, 0.3) is 0 Å². The number of hydrogen-bond donors (Lipinski definition) is 2. The van der Waals surface area contributed by atoms with Crippen molar-refractivity contribution >= 4 is 22.7 Å². The van der Waals surface area contributed by atoms with Crippen molar-refractivity contribution in [2.75, 3.05) is 5.32 Å². The van der Waals surface area contributed by atoms with Gasteiger partial charge in [0.2, 0.25) is 0 Å². The number of aryl methyl sites for hydroxylation is 1. The van der Waals surface area contributed by atoms with Crippen molar-refractivity contribution in [1.82, 2.24) is 15.1 Å². The Morgan fingerprint density at radius 1 is 1.33 bits per heavy atom. The van der Waals surface area contributed by atoms with Crippen LogP contribution in [0.3, 0.4) is 0 Å². The molecule has 106 valence electrons. The van der Waals surface area contributed by atoms with Gasteiger partial charge in [-0.25, -0.2) is 14.8 Å².